The van der Waals surface area contributed by atoms with Crippen LogP contribution in [0.3, 0.4) is 0 Å². The van der Waals surface area contributed by atoms with Crippen LogP contribution in [0.5, 0.6) is 0 Å². The summed E-state index contributed by atoms with van der Waals surface area (Å²) in [4.78, 5) is 29.0. The first-order chi connectivity index (χ1) is 15.9. The number of nitrogens with one attached hydrogen (secondary N) is 2. The summed E-state index contributed by atoms with van der Waals surface area (Å²) in [5.74, 6) is -0.303. The summed E-state index contributed by atoms with van der Waals surface area (Å²) in [6.07, 6.45) is 3.43. The molecule has 3 aromatic rings. The molecule has 2 atom stereocenters. The van der Waals surface area contributed by atoms with Crippen molar-refractivity contribution in [1.29, 1.82) is 0 Å². The van der Waals surface area contributed by atoms with Gasteiger partial charge in [-0.2, -0.15) is 0 Å². The minimum atomic E-state index is -1.25. The van der Waals surface area contributed by atoms with Crippen molar-refractivity contribution >= 4 is 28.7 Å². The summed E-state index contributed by atoms with van der Waals surface area (Å²) in [6, 6.07) is 20.8. The number of amides is 1. The Hall–Kier alpha value is -3.56. The molecule has 1 unspecified atom stereocenters. The van der Waals surface area contributed by atoms with Crippen molar-refractivity contribution in [3.05, 3.63) is 84.1 Å². The van der Waals surface area contributed by atoms with E-state index in [-0.39, 0.29) is 30.4 Å². The Bertz CT molecular complexity index is 1090. The maximum Gasteiger partial charge on any atom is 0.307 e. The van der Waals surface area contributed by atoms with Crippen LogP contribution in [0.1, 0.15) is 29.3 Å². The van der Waals surface area contributed by atoms with Gasteiger partial charge in [-0.1, -0.05) is 54.6 Å². The molecule has 0 fully saturated rings. The van der Waals surface area contributed by atoms with Crippen molar-refractivity contribution < 1.29 is 24.0 Å². The van der Waals surface area contributed by atoms with Crippen molar-refractivity contribution in [2.45, 2.75) is 25.8 Å². The zero-order valence-electron chi connectivity index (χ0n) is 19.1. The summed E-state index contributed by atoms with van der Waals surface area (Å²) < 4.78 is 19.0. The fourth-order valence-corrected chi connectivity index (χ4v) is 3.76. The number of anilines is 1. The van der Waals surface area contributed by atoms with Crippen LogP contribution in [-0.4, -0.2) is 45.5 Å². The number of esters is 1. The molecule has 4 N–H and O–H groups in total. The molecular weight excluding hydrogens is 454 g/mol. The summed E-state index contributed by atoms with van der Waals surface area (Å²) in [5, 5.41) is 2.92. The van der Waals surface area contributed by atoms with Gasteiger partial charge in [-0.15, -0.1) is 0 Å². The number of ether oxygens (including phenoxy) is 1. The predicted molar refractivity (Wildman–Crippen MR) is 134 cm³/mol. The van der Waals surface area contributed by atoms with Crippen molar-refractivity contribution in [2.75, 3.05) is 17.6 Å². The van der Waals surface area contributed by atoms with Crippen LogP contribution in [0.2, 0.25) is 0 Å². The predicted octanol–water partition coefficient (Wildman–Crippen LogP) is 2.92. The zero-order valence-corrected chi connectivity index (χ0v) is 19.9. The number of rotatable bonds is 10. The third-order valence-electron chi connectivity index (χ3n) is 4.87. The molecule has 0 radical (unpaired) electrons. The second-order valence-electron chi connectivity index (χ2n) is 7.43. The van der Waals surface area contributed by atoms with E-state index >= 15 is 0 Å². The average Bonchev–Trinajstić information content (AvgIpc) is 2.80. The molecular formula is C25H29N3O5S. The summed E-state index contributed by atoms with van der Waals surface area (Å²) in [6.45, 7) is 2.03. The number of carbonyl (C=O) groups is 2. The highest BCUT2D eigenvalue weighted by molar-refractivity contribution is 7.85. The molecule has 0 bridgehead atoms. The third-order valence-corrected chi connectivity index (χ3v) is 5.37. The van der Waals surface area contributed by atoms with Gasteiger partial charge < -0.3 is 15.5 Å². The first kappa shape index (κ1) is 26.7. The topological polar surface area (TPSA) is 129 Å². The second-order valence-corrected chi connectivity index (χ2v) is 8.55. The maximum absolute atomic E-state index is 12.8. The number of carbonyl (C=O) groups excluding carboxylic acids is 2. The monoisotopic (exact) mass is 483 g/mol. The van der Waals surface area contributed by atoms with Crippen LogP contribution in [0, 0.1) is 0 Å². The molecule has 34 heavy (non-hydrogen) atoms. The molecule has 2 aromatic carbocycles. The normalized spacial score (nSPS) is 12.1. The highest BCUT2D eigenvalue weighted by atomic mass is 32.2. The molecule has 0 aliphatic carbocycles. The van der Waals surface area contributed by atoms with E-state index in [9.17, 15) is 13.8 Å². The number of pyridine rings is 1. The van der Waals surface area contributed by atoms with E-state index in [0.29, 0.717) is 17.8 Å². The number of benzene rings is 2. The summed E-state index contributed by atoms with van der Waals surface area (Å²) >= 11 is 0. The van der Waals surface area contributed by atoms with Gasteiger partial charge in [0, 0.05) is 18.5 Å². The van der Waals surface area contributed by atoms with Crippen molar-refractivity contribution in [3.8, 4) is 11.1 Å². The lowest BCUT2D eigenvalue weighted by molar-refractivity contribution is -0.143. The molecule has 0 saturated carbocycles. The highest BCUT2D eigenvalue weighted by Gasteiger charge is 2.19. The SMILES string of the molecule is CCOC(=O)C[C@@H](Cc1ccc(-c2ccccc2)cc1)NC(=O)c1ccc(NS(C)=O)nc1.O. The van der Waals surface area contributed by atoms with Gasteiger partial charge in [0.25, 0.3) is 5.91 Å². The largest absolute Gasteiger partial charge is 0.466 e. The molecule has 0 saturated heterocycles. The van der Waals surface area contributed by atoms with Gasteiger partial charge in [0.05, 0.1) is 18.6 Å². The Kier molecular flexibility index (Phi) is 10.4. The van der Waals surface area contributed by atoms with Crippen LogP contribution in [0.4, 0.5) is 5.82 Å². The summed E-state index contributed by atoms with van der Waals surface area (Å²) in [5.41, 5.74) is 3.55. The number of nitrogens with zero attached hydrogens (tertiary/aromatic N) is 1. The maximum atomic E-state index is 12.8. The molecule has 0 aliphatic rings. The second kappa shape index (κ2) is 13.2. The van der Waals surface area contributed by atoms with Crippen LogP contribution < -0.4 is 10.0 Å². The van der Waals surface area contributed by atoms with Gasteiger partial charge >= 0.3 is 5.97 Å². The Labute approximate surface area is 201 Å². The lowest BCUT2D eigenvalue weighted by atomic mass is 9.99. The van der Waals surface area contributed by atoms with Gasteiger partial charge in [-0.3, -0.25) is 14.3 Å². The lowest BCUT2D eigenvalue weighted by Gasteiger charge is -2.18. The average molecular weight is 484 g/mol. The third kappa shape index (κ3) is 8.09. The fourth-order valence-electron chi connectivity index (χ4n) is 3.35. The molecule has 8 nitrogen and oxygen atoms in total. The van der Waals surface area contributed by atoms with Gasteiger partial charge in [0.2, 0.25) is 0 Å². The molecule has 3 rings (SSSR count). The van der Waals surface area contributed by atoms with E-state index in [0.717, 1.165) is 16.7 Å². The lowest BCUT2D eigenvalue weighted by Crippen LogP contribution is -2.38. The van der Waals surface area contributed by atoms with Gasteiger partial charge in [-0.05, 0) is 42.2 Å². The van der Waals surface area contributed by atoms with Gasteiger partial charge in [-0.25, -0.2) is 9.19 Å². The fraction of sp³-hybridized carbons (Fsp3) is 0.240. The number of hydrogen-bond acceptors (Lipinski definition) is 5. The quantitative estimate of drug-likeness (QED) is 0.429. The number of aromatic nitrogens is 1. The van der Waals surface area contributed by atoms with E-state index < -0.39 is 17.0 Å². The smallest absolute Gasteiger partial charge is 0.307 e. The van der Waals surface area contributed by atoms with Gasteiger partial charge in [0.1, 0.15) is 16.8 Å². The standard InChI is InChI=1S/C25H27N3O4S.H2O/c1-3-32-24(29)16-22(27-25(30)21-13-14-23(26-17-21)28-33(2)31)15-18-9-11-20(12-10-18)19-7-5-4-6-8-19;/h4-14,17,22H,3,15-16H2,1-2H3,(H,26,28)(H,27,30);1H2/t22-,33?;/m1./s1. The number of hydrogen-bond donors (Lipinski definition) is 2. The Morgan fingerprint density at radius 2 is 1.68 bits per heavy atom. The van der Waals surface area contributed by atoms with E-state index in [2.05, 4.69) is 15.0 Å². The van der Waals surface area contributed by atoms with Crippen LogP contribution >= 0.6 is 0 Å². The van der Waals surface area contributed by atoms with Crippen LogP contribution in [-0.2, 0) is 26.9 Å². The molecule has 0 aliphatic heterocycles. The molecule has 180 valence electrons. The Balaban J connectivity index is 0.00000408. The van der Waals surface area contributed by atoms with E-state index in [1.807, 2.05) is 54.6 Å². The first-order valence-electron chi connectivity index (χ1n) is 10.6. The van der Waals surface area contributed by atoms with E-state index in [1.165, 1.54) is 12.5 Å². The van der Waals surface area contributed by atoms with Crippen LogP contribution in [0.25, 0.3) is 11.1 Å². The molecule has 1 heterocycles. The minimum Gasteiger partial charge on any atom is -0.466 e. The van der Waals surface area contributed by atoms with E-state index in [1.54, 1.807) is 19.1 Å². The van der Waals surface area contributed by atoms with Crippen molar-refractivity contribution in [3.63, 3.8) is 0 Å². The van der Waals surface area contributed by atoms with Gasteiger partial charge in [0.15, 0.2) is 0 Å². The molecule has 1 amide bonds. The molecule has 9 heteroatoms. The zero-order chi connectivity index (χ0) is 23.6. The van der Waals surface area contributed by atoms with Crippen molar-refractivity contribution in [2.24, 2.45) is 0 Å². The van der Waals surface area contributed by atoms with Crippen molar-refractivity contribution in [1.82, 2.24) is 10.3 Å². The van der Waals surface area contributed by atoms with E-state index in [4.69, 9.17) is 4.74 Å². The highest BCUT2D eigenvalue weighted by Crippen LogP contribution is 2.20. The summed E-state index contributed by atoms with van der Waals surface area (Å²) in [7, 11) is -1.25. The minimum absolute atomic E-state index is 0. The first-order valence-corrected chi connectivity index (χ1v) is 12.2. The Morgan fingerprint density at radius 1 is 1.00 bits per heavy atom. The Morgan fingerprint density at radius 3 is 2.26 bits per heavy atom. The van der Waals surface area contributed by atoms with Crippen LogP contribution in [0.15, 0.2) is 72.9 Å². The molecule has 1 aromatic heterocycles. The molecule has 0 spiro atoms.